The first-order chi connectivity index (χ1) is 9.04. The molecule has 0 radical (unpaired) electrons. The summed E-state index contributed by atoms with van der Waals surface area (Å²) in [5.41, 5.74) is 1.02. The molecule has 1 atom stereocenters. The van der Waals surface area contributed by atoms with Crippen LogP contribution in [0.3, 0.4) is 0 Å². The topological polar surface area (TPSA) is 53.1 Å². The van der Waals surface area contributed by atoms with Gasteiger partial charge in [0.05, 0.1) is 12.2 Å². The summed E-state index contributed by atoms with van der Waals surface area (Å²) in [6.45, 7) is 7.96. The van der Waals surface area contributed by atoms with Crippen LogP contribution in [-0.4, -0.2) is 27.9 Å². The highest BCUT2D eigenvalue weighted by Crippen LogP contribution is 2.27. The van der Waals surface area contributed by atoms with Gasteiger partial charge in [-0.3, -0.25) is 0 Å². The molecule has 1 aliphatic heterocycles. The average Bonchev–Trinajstić information content (AvgIpc) is 3.10. The smallest absolute Gasteiger partial charge is 0.259 e. The van der Waals surface area contributed by atoms with E-state index in [1.54, 1.807) is 0 Å². The van der Waals surface area contributed by atoms with Crippen LogP contribution in [-0.2, 0) is 10.3 Å². The predicted molar refractivity (Wildman–Crippen MR) is 70.9 cm³/mol. The third-order valence-electron chi connectivity index (χ3n) is 3.45. The van der Waals surface area contributed by atoms with Crippen LogP contribution in [0.15, 0.2) is 23.0 Å². The quantitative estimate of drug-likeness (QED) is 0.834. The second-order valence-corrected chi connectivity index (χ2v) is 6.00. The lowest BCUT2D eigenvalue weighted by atomic mass is 10.1. The van der Waals surface area contributed by atoms with Crippen LogP contribution in [0.5, 0.6) is 0 Å². The molecule has 0 aliphatic carbocycles. The summed E-state index contributed by atoms with van der Waals surface area (Å²) in [5.74, 6) is 1.63. The Hall–Kier alpha value is -1.62. The van der Waals surface area contributed by atoms with Crippen molar-refractivity contribution in [2.45, 2.75) is 38.6 Å². The van der Waals surface area contributed by atoms with Gasteiger partial charge in [-0.2, -0.15) is 4.98 Å². The van der Waals surface area contributed by atoms with Gasteiger partial charge in [0, 0.05) is 30.5 Å². The first-order valence-corrected chi connectivity index (χ1v) is 6.64. The summed E-state index contributed by atoms with van der Waals surface area (Å²) in [4.78, 5) is 4.49. The maximum Gasteiger partial charge on any atom is 0.259 e. The van der Waals surface area contributed by atoms with Crippen LogP contribution < -0.4 is 0 Å². The molecular weight excluding hydrogens is 242 g/mol. The molecule has 0 spiro atoms. The third-order valence-corrected chi connectivity index (χ3v) is 3.45. The van der Waals surface area contributed by atoms with Gasteiger partial charge in [-0.25, -0.2) is 0 Å². The Kier molecular flexibility index (Phi) is 2.93. The molecule has 0 N–H and O–H groups in total. The van der Waals surface area contributed by atoms with E-state index >= 15 is 0 Å². The monoisotopic (exact) mass is 261 g/mol. The van der Waals surface area contributed by atoms with Crippen LogP contribution in [0, 0.1) is 0 Å². The first-order valence-electron chi connectivity index (χ1n) is 6.64. The summed E-state index contributed by atoms with van der Waals surface area (Å²) in [5, 5.41) is 4.07. The lowest BCUT2D eigenvalue weighted by Crippen LogP contribution is -2.19. The van der Waals surface area contributed by atoms with Crippen molar-refractivity contribution in [2.24, 2.45) is 0 Å². The van der Waals surface area contributed by atoms with Gasteiger partial charge in [-0.15, -0.1) is 0 Å². The summed E-state index contributed by atoms with van der Waals surface area (Å²) in [6.07, 6.45) is 5.06. The highest BCUT2D eigenvalue weighted by molar-refractivity contribution is 5.51. The molecule has 3 rings (SSSR count). The molecule has 0 amide bonds. The molecule has 5 nitrogen and oxygen atoms in total. The summed E-state index contributed by atoms with van der Waals surface area (Å²) in [7, 11) is 0. The van der Waals surface area contributed by atoms with Gasteiger partial charge in [0.15, 0.2) is 5.82 Å². The van der Waals surface area contributed by atoms with E-state index in [1.165, 1.54) is 0 Å². The van der Waals surface area contributed by atoms with Crippen molar-refractivity contribution in [1.29, 1.82) is 0 Å². The zero-order chi connectivity index (χ0) is 13.5. The van der Waals surface area contributed by atoms with E-state index in [1.807, 2.05) is 18.5 Å². The van der Waals surface area contributed by atoms with E-state index in [-0.39, 0.29) is 11.5 Å². The molecule has 3 heterocycles. The van der Waals surface area contributed by atoms with Gasteiger partial charge in [-0.1, -0.05) is 5.16 Å². The lowest BCUT2D eigenvalue weighted by Gasteiger charge is -2.20. The Morgan fingerprint density at radius 3 is 2.84 bits per heavy atom. The van der Waals surface area contributed by atoms with Crippen LogP contribution in [0.2, 0.25) is 0 Å². The highest BCUT2D eigenvalue weighted by atomic mass is 16.5. The molecule has 0 bridgehead atoms. The van der Waals surface area contributed by atoms with E-state index in [2.05, 4.69) is 35.5 Å². The molecule has 5 heteroatoms. The second kappa shape index (κ2) is 4.49. The fraction of sp³-hybridized carbons (Fsp3) is 0.571. The molecular formula is C14H19N3O2. The number of rotatable bonds is 2. The maximum absolute atomic E-state index is 5.36. The molecule has 1 aliphatic rings. The van der Waals surface area contributed by atoms with Crippen LogP contribution in [0.25, 0.3) is 11.5 Å². The average molecular weight is 261 g/mol. The molecule has 1 saturated heterocycles. The number of ether oxygens (including phenoxy) is 1. The molecule has 1 unspecified atom stereocenters. The standard InChI is InChI=1S/C14H19N3O2/c1-14(2,3)17-6-4-10(8-17)13-15-12(16-19-13)11-5-7-18-9-11/h4,6,8,11H,5,7,9H2,1-3H3. The van der Waals surface area contributed by atoms with E-state index < -0.39 is 0 Å². The van der Waals surface area contributed by atoms with Crippen molar-refractivity contribution in [3.63, 3.8) is 0 Å². The zero-order valence-electron chi connectivity index (χ0n) is 11.6. The minimum atomic E-state index is 0.0559. The lowest BCUT2D eigenvalue weighted by molar-refractivity contribution is 0.192. The fourth-order valence-corrected chi connectivity index (χ4v) is 2.20. The minimum Gasteiger partial charge on any atom is -0.381 e. The van der Waals surface area contributed by atoms with Crippen LogP contribution in [0.1, 0.15) is 38.9 Å². The maximum atomic E-state index is 5.36. The minimum absolute atomic E-state index is 0.0559. The van der Waals surface area contributed by atoms with Gasteiger partial charge in [0.2, 0.25) is 0 Å². The highest BCUT2D eigenvalue weighted by Gasteiger charge is 2.24. The Labute approximate surface area is 112 Å². The van der Waals surface area contributed by atoms with Gasteiger partial charge in [-0.05, 0) is 33.3 Å². The van der Waals surface area contributed by atoms with Crippen molar-refractivity contribution in [1.82, 2.24) is 14.7 Å². The van der Waals surface area contributed by atoms with Crippen molar-refractivity contribution >= 4 is 0 Å². The largest absolute Gasteiger partial charge is 0.381 e. The van der Waals surface area contributed by atoms with Gasteiger partial charge < -0.3 is 13.8 Å². The van der Waals surface area contributed by atoms with Crippen molar-refractivity contribution in [3.8, 4) is 11.5 Å². The Morgan fingerprint density at radius 2 is 2.21 bits per heavy atom. The van der Waals surface area contributed by atoms with E-state index in [4.69, 9.17) is 9.26 Å². The van der Waals surface area contributed by atoms with Gasteiger partial charge in [0.1, 0.15) is 0 Å². The number of hydrogen-bond acceptors (Lipinski definition) is 4. The molecule has 102 valence electrons. The Bertz CT molecular complexity index is 559. The van der Waals surface area contributed by atoms with Crippen molar-refractivity contribution in [2.75, 3.05) is 13.2 Å². The van der Waals surface area contributed by atoms with Crippen molar-refractivity contribution in [3.05, 3.63) is 24.3 Å². The molecule has 1 fully saturated rings. The Balaban J connectivity index is 1.84. The van der Waals surface area contributed by atoms with Crippen LogP contribution >= 0.6 is 0 Å². The molecule has 0 saturated carbocycles. The van der Waals surface area contributed by atoms with E-state index in [9.17, 15) is 0 Å². The summed E-state index contributed by atoms with van der Waals surface area (Å²) < 4.78 is 12.9. The van der Waals surface area contributed by atoms with Gasteiger partial charge >= 0.3 is 0 Å². The molecule has 2 aromatic heterocycles. The second-order valence-electron chi connectivity index (χ2n) is 6.00. The molecule has 19 heavy (non-hydrogen) atoms. The number of aromatic nitrogens is 3. The molecule has 2 aromatic rings. The summed E-state index contributed by atoms with van der Waals surface area (Å²) >= 11 is 0. The van der Waals surface area contributed by atoms with E-state index in [0.717, 1.165) is 24.4 Å². The number of nitrogens with zero attached hydrogens (tertiary/aromatic N) is 3. The zero-order valence-corrected chi connectivity index (χ0v) is 11.6. The number of hydrogen-bond donors (Lipinski definition) is 0. The molecule has 0 aromatic carbocycles. The third kappa shape index (κ3) is 2.42. The first kappa shape index (κ1) is 12.4. The predicted octanol–water partition coefficient (Wildman–Crippen LogP) is 2.80. The van der Waals surface area contributed by atoms with Gasteiger partial charge in [0.25, 0.3) is 5.89 Å². The van der Waals surface area contributed by atoms with Crippen LogP contribution in [0.4, 0.5) is 0 Å². The SMILES string of the molecule is CC(C)(C)n1ccc(-c2nc(C3CCOC3)no2)c1. The normalized spacial score (nSPS) is 20.1. The Morgan fingerprint density at radius 1 is 1.37 bits per heavy atom. The van der Waals surface area contributed by atoms with Crippen molar-refractivity contribution < 1.29 is 9.26 Å². The summed E-state index contributed by atoms with van der Waals surface area (Å²) in [6, 6.07) is 2.01. The van der Waals surface area contributed by atoms with E-state index in [0.29, 0.717) is 12.5 Å². The fourth-order valence-electron chi connectivity index (χ4n) is 2.20.